The summed E-state index contributed by atoms with van der Waals surface area (Å²) in [6.45, 7) is 7.63. The fourth-order valence-electron chi connectivity index (χ4n) is 2.24. The van der Waals surface area contributed by atoms with Crippen molar-refractivity contribution in [2.24, 2.45) is 11.7 Å². The zero-order valence-corrected chi connectivity index (χ0v) is 11.8. The van der Waals surface area contributed by atoms with Crippen molar-refractivity contribution in [3.8, 4) is 0 Å². The first-order valence-corrected chi connectivity index (χ1v) is 6.79. The lowest BCUT2D eigenvalue weighted by molar-refractivity contribution is 0.429. The summed E-state index contributed by atoms with van der Waals surface area (Å²) in [7, 11) is 0. The molecule has 0 aromatic carbocycles. The standard InChI is InChI=1S/C14H22N4O/c1-4-11-6-17-14(19-11)8-18-9-16-7-13(18)12(5-15)10(2)3/h6-7,9-10,12H,4-5,8,15H2,1-3H3. The molecule has 2 heterocycles. The predicted molar refractivity (Wildman–Crippen MR) is 73.8 cm³/mol. The van der Waals surface area contributed by atoms with Crippen molar-refractivity contribution < 1.29 is 4.42 Å². The Morgan fingerprint density at radius 1 is 1.37 bits per heavy atom. The van der Waals surface area contributed by atoms with E-state index in [2.05, 4.69) is 35.3 Å². The molecule has 104 valence electrons. The molecule has 0 aliphatic rings. The van der Waals surface area contributed by atoms with Gasteiger partial charge in [-0.3, -0.25) is 0 Å². The van der Waals surface area contributed by atoms with E-state index in [0.717, 1.165) is 23.8 Å². The van der Waals surface area contributed by atoms with Crippen molar-refractivity contribution in [3.63, 3.8) is 0 Å². The largest absolute Gasteiger partial charge is 0.444 e. The van der Waals surface area contributed by atoms with Crippen LogP contribution >= 0.6 is 0 Å². The summed E-state index contributed by atoms with van der Waals surface area (Å²) in [5.41, 5.74) is 7.02. The van der Waals surface area contributed by atoms with Crippen molar-refractivity contribution in [3.05, 3.63) is 36.1 Å². The summed E-state index contributed by atoms with van der Waals surface area (Å²) >= 11 is 0. The highest BCUT2D eigenvalue weighted by molar-refractivity contribution is 5.09. The molecule has 0 saturated heterocycles. The molecular formula is C14H22N4O. The molecule has 0 aliphatic carbocycles. The summed E-state index contributed by atoms with van der Waals surface area (Å²) in [5, 5.41) is 0. The van der Waals surface area contributed by atoms with E-state index in [9.17, 15) is 0 Å². The molecule has 2 N–H and O–H groups in total. The van der Waals surface area contributed by atoms with Crippen LogP contribution in [-0.4, -0.2) is 21.1 Å². The van der Waals surface area contributed by atoms with Crippen LogP contribution in [0.1, 0.15) is 44.0 Å². The number of nitrogens with two attached hydrogens (primary N) is 1. The third kappa shape index (κ3) is 3.04. The van der Waals surface area contributed by atoms with Crippen LogP contribution in [0, 0.1) is 5.92 Å². The van der Waals surface area contributed by atoms with Gasteiger partial charge in [-0.15, -0.1) is 0 Å². The lowest BCUT2D eigenvalue weighted by atomic mass is 9.93. The van der Waals surface area contributed by atoms with Crippen LogP contribution in [-0.2, 0) is 13.0 Å². The van der Waals surface area contributed by atoms with Gasteiger partial charge >= 0.3 is 0 Å². The topological polar surface area (TPSA) is 69.9 Å². The fraction of sp³-hybridized carbons (Fsp3) is 0.571. The van der Waals surface area contributed by atoms with Gasteiger partial charge < -0.3 is 14.7 Å². The van der Waals surface area contributed by atoms with Crippen LogP contribution < -0.4 is 5.73 Å². The average Bonchev–Trinajstić information content (AvgIpc) is 3.00. The molecule has 0 fully saturated rings. The number of hydrogen-bond donors (Lipinski definition) is 1. The van der Waals surface area contributed by atoms with Crippen molar-refractivity contribution in [2.45, 2.75) is 39.7 Å². The highest BCUT2D eigenvalue weighted by Crippen LogP contribution is 2.23. The number of nitrogens with zero attached hydrogens (tertiary/aromatic N) is 3. The molecule has 0 spiro atoms. The minimum atomic E-state index is 0.308. The lowest BCUT2D eigenvalue weighted by Crippen LogP contribution is -2.21. The molecule has 2 aromatic rings. The van der Waals surface area contributed by atoms with E-state index in [-0.39, 0.29) is 0 Å². The van der Waals surface area contributed by atoms with Gasteiger partial charge in [0, 0.05) is 30.8 Å². The molecule has 1 atom stereocenters. The fourth-order valence-corrected chi connectivity index (χ4v) is 2.24. The number of imidazole rings is 1. The monoisotopic (exact) mass is 262 g/mol. The van der Waals surface area contributed by atoms with Crippen molar-refractivity contribution >= 4 is 0 Å². The first-order chi connectivity index (χ1) is 9.15. The number of aryl methyl sites for hydroxylation is 1. The molecule has 1 unspecified atom stereocenters. The first-order valence-electron chi connectivity index (χ1n) is 6.79. The average molecular weight is 262 g/mol. The van der Waals surface area contributed by atoms with Crippen molar-refractivity contribution in [2.75, 3.05) is 6.54 Å². The third-order valence-corrected chi connectivity index (χ3v) is 3.44. The number of hydrogen-bond acceptors (Lipinski definition) is 4. The maximum absolute atomic E-state index is 5.87. The molecule has 2 aromatic heterocycles. The van der Waals surface area contributed by atoms with Crippen LogP contribution in [0.25, 0.3) is 0 Å². The highest BCUT2D eigenvalue weighted by atomic mass is 16.4. The smallest absolute Gasteiger partial charge is 0.214 e. The van der Waals surface area contributed by atoms with Crippen LogP contribution in [0.5, 0.6) is 0 Å². The molecule has 5 nitrogen and oxygen atoms in total. The Morgan fingerprint density at radius 3 is 2.74 bits per heavy atom. The molecule has 2 rings (SSSR count). The molecule has 0 aliphatic heterocycles. The van der Waals surface area contributed by atoms with Gasteiger partial charge in [0.2, 0.25) is 5.89 Å². The number of oxazole rings is 1. The van der Waals surface area contributed by atoms with Gasteiger partial charge in [-0.05, 0) is 5.92 Å². The summed E-state index contributed by atoms with van der Waals surface area (Å²) in [6.07, 6.45) is 6.35. The summed E-state index contributed by atoms with van der Waals surface area (Å²) in [4.78, 5) is 8.52. The van der Waals surface area contributed by atoms with Crippen LogP contribution in [0.4, 0.5) is 0 Å². The van der Waals surface area contributed by atoms with Crippen LogP contribution in [0.15, 0.2) is 23.1 Å². The second-order valence-corrected chi connectivity index (χ2v) is 5.11. The van der Waals surface area contributed by atoms with Gasteiger partial charge in [-0.1, -0.05) is 20.8 Å². The van der Waals surface area contributed by atoms with Crippen molar-refractivity contribution in [1.29, 1.82) is 0 Å². The molecule has 19 heavy (non-hydrogen) atoms. The highest BCUT2D eigenvalue weighted by Gasteiger charge is 2.19. The Hall–Kier alpha value is -1.62. The third-order valence-electron chi connectivity index (χ3n) is 3.44. The Balaban J connectivity index is 2.19. The molecule has 0 bridgehead atoms. The van der Waals surface area contributed by atoms with E-state index in [1.807, 2.05) is 12.5 Å². The quantitative estimate of drug-likeness (QED) is 0.866. The summed E-state index contributed by atoms with van der Waals surface area (Å²) < 4.78 is 7.72. The van der Waals surface area contributed by atoms with Crippen LogP contribution in [0.3, 0.4) is 0 Å². The zero-order valence-electron chi connectivity index (χ0n) is 11.8. The maximum Gasteiger partial charge on any atom is 0.214 e. The Morgan fingerprint density at radius 2 is 2.16 bits per heavy atom. The minimum Gasteiger partial charge on any atom is -0.444 e. The Labute approximate surface area is 113 Å². The van der Waals surface area contributed by atoms with Crippen LogP contribution in [0.2, 0.25) is 0 Å². The minimum absolute atomic E-state index is 0.308. The first kappa shape index (κ1) is 13.8. The second-order valence-electron chi connectivity index (χ2n) is 5.11. The number of rotatable bonds is 6. The Bertz CT molecular complexity index is 515. The van der Waals surface area contributed by atoms with Crippen molar-refractivity contribution in [1.82, 2.24) is 14.5 Å². The lowest BCUT2D eigenvalue weighted by Gasteiger charge is -2.20. The van der Waals surface area contributed by atoms with Gasteiger partial charge in [-0.25, -0.2) is 9.97 Å². The van der Waals surface area contributed by atoms with E-state index in [1.54, 1.807) is 6.20 Å². The van der Waals surface area contributed by atoms with E-state index < -0.39 is 0 Å². The van der Waals surface area contributed by atoms with E-state index in [1.165, 1.54) is 0 Å². The van der Waals surface area contributed by atoms with Gasteiger partial charge in [0.15, 0.2) is 0 Å². The molecule has 0 radical (unpaired) electrons. The summed E-state index contributed by atoms with van der Waals surface area (Å²) in [6, 6.07) is 0. The predicted octanol–water partition coefficient (Wildman–Crippen LogP) is 2.18. The summed E-state index contributed by atoms with van der Waals surface area (Å²) in [5.74, 6) is 2.42. The number of aromatic nitrogens is 3. The zero-order chi connectivity index (χ0) is 13.8. The SMILES string of the molecule is CCc1cnc(Cn2cncc2C(CN)C(C)C)o1. The van der Waals surface area contributed by atoms with E-state index in [0.29, 0.717) is 24.9 Å². The molecule has 5 heteroatoms. The van der Waals surface area contributed by atoms with Gasteiger partial charge in [0.05, 0.1) is 12.5 Å². The maximum atomic E-state index is 5.87. The molecular weight excluding hydrogens is 240 g/mol. The van der Waals surface area contributed by atoms with Gasteiger partial charge in [0.25, 0.3) is 0 Å². The molecule has 0 amide bonds. The van der Waals surface area contributed by atoms with E-state index >= 15 is 0 Å². The Kier molecular flexibility index (Phi) is 4.37. The normalized spacial score (nSPS) is 13.1. The second kappa shape index (κ2) is 6.02. The van der Waals surface area contributed by atoms with Gasteiger partial charge in [-0.2, -0.15) is 0 Å². The van der Waals surface area contributed by atoms with Gasteiger partial charge in [0.1, 0.15) is 12.3 Å². The molecule has 0 saturated carbocycles. The van der Waals surface area contributed by atoms with E-state index in [4.69, 9.17) is 10.2 Å².